The average Bonchev–Trinajstić information content (AvgIpc) is 2.76. The molecule has 0 radical (unpaired) electrons. The summed E-state index contributed by atoms with van der Waals surface area (Å²) < 4.78 is 0.747. The second-order valence-electron chi connectivity index (χ2n) is 5.41. The Morgan fingerprint density at radius 1 is 1.30 bits per heavy atom. The number of rotatable bonds is 4. The zero-order valence-electron chi connectivity index (χ0n) is 12.5. The third-order valence-electron chi connectivity index (χ3n) is 4.03. The fourth-order valence-electron chi connectivity index (χ4n) is 2.88. The van der Waals surface area contributed by atoms with E-state index < -0.39 is 11.5 Å². The monoisotopic (exact) mass is 374 g/mol. The van der Waals surface area contributed by atoms with Crippen LogP contribution < -0.4 is 4.90 Å². The Morgan fingerprint density at radius 3 is 2.65 bits per heavy atom. The highest BCUT2D eigenvalue weighted by Gasteiger charge is 2.50. The van der Waals surface area contributed by atoms with Crippen LogP contribution in [0.3, 0.4) is 0 Å². The summed E-state index contributed by atoms with van der Waals surface area (Å²) in [5, 5.41) is 11.0. The molecule has 23 heavy (non-hydrogen) atoms. The molecule has 1 N–H and O–H groups in total. The smallest absolute Gasteiger partial charge is 0.264 e. The predicted molar refractivity (Wildman–Crippen MR) is 89.3 cm³/mol. The lowest BCUT2D eigenvalue weighted by molar-refractivity contribution is -0.135. The summed E-state index contributed by atoms with van der Waals surface area (Å²) in [7, 11) is 0. The molecule has 0 fully saturated rings. The summed E-state index contributed by atoms with van der Waals surface area (Å²) >= 11 is 3.36. The first kappa shape index (κ1) is 15.8. The standard InChI is InChI=1S/C17H15BrN2O3/c1-2-20-14-4-3-12(18)9-13(14)17(23,16(20)22)10-15(21)11-5-7-19-8-6-11/h3-9,23H,2,10H2,1H3/t17-/m0/s1. The molecule has 1 aliphatic rings. The average molecular weight is 375 g/mol. The van der Waals surface area contributed by atoms with Crippen molar-refractivity contribution in [1.82, 2.24) is 4.98 Å². The maximum Gasteiger partial charge on any atom is 0.264 e. The Morgan fingerprint density at radius 2 is 2.00 bits per heavy atom. The van der Waals surface area contributed by atoms with E-state index in [1.54, 1.807) is 24.3 Å². The number of Topliss-reactive ketones (excluding diaryl/α,β-unsaturated/α-hetero) is 1. The zero-order valence-corrected chi connectivity index (χ0v) is 14.1. The van der Waals surface area contributed by atoms with Gasteiger partial charge in [0.1, 0.15) is 0 Å². The van der Waals surface area contributed by atoms with Crippen LogP contribution in [0.25, 0.3) is 0 Å². The Kier molecular flexibility index (Phi) is 4.04. The van der Waals surface area contributed by atoms with Gasteiger partial charge in [0.15, 0.2) is 11.4 Å². The van der Waals surface area contributed by atoms with Crippen LogP contribution in [0.2, 0.25) is 0 Å². The van der Waals surface area contributed by atoms with Crippen molar-refractivity contribution in [2.75, 3.05) is 11.4 Å². The van der Waals surface area contributed by atoms with Crippen LogP contribution >= 0.6 is 15.9 Å². The number of carbonyl (C=O) groups is 2. The molecule has 118 valence electrons. The van der Waals surface area contributed by atoms with Crippen LogP contribution in [0.1, 0.15) is 29.3 Å². The zero-order chi connectivity index (χ0) is 16.6. The molecule has 0 spiro atoms. The van der Waals surface area contributed by atoms with Crippen LogP contribution in [-0.2, 0) is 10.4 Å². The third-order valence-corrected chi connectivity index (χ3v) is 4.52. The number of likely N-dealkylation sites (N-methyl/N-ethyl adjacent to an activating group) is 1. The van der Waals surface area contributed by atoms with Crippen molar-refractivity contribution in [2.24, 2.45) is 0 Å². The lowest BCUT2D eigenvalue weighted by atomic mass is 9.88. The molecule has 1 aromatic heterocycles. The van der Waals surface area contributed by atoms with Crippen LogP contribution in [0, 0.1) is 0 Å². The Balaban J connectivity index is 2.02. The molecular weight excluding hydrogens is 360 g/mol. The predicted octanol–water partition coefficient (Wildman–Crippen LogP) is 2.67. The molecular formula is C17H15BrN2O3. The topological polar surface area (TPSA) is 70.5 Å². The van der Waals surface area contributed by atoms with E-state index >= 15 is 0 Å². The molecule has 0 aliphatic carbocycles. The van der Waals surface area contributed by atoms with Gasteiger partial charge in [0, 0.05) is 34.5 Å². The van der Waals surface area contributed by atoms with Crippen molar-refractivity contribution in [3.05, 3.63) is 58.3 Å². The van der Waals surface area contributed by atoms with Crippen LogP contribution in [0.5, 0.6) is 0 Å². The Bertz CT molecular complexity index is 779. The first-order chi connectivity index (χ1) is 11.0. The molecule has 1 amide bonds. The number of ketones is 1. The number of fused-ring (bicyclic) bond motifs is 1. The Labute approximate surface area is 142 Å². The minimum atomic E-state index is -1.84. The highest BCUT2D eigenvalue weighted by atomic mass is 79.9. The van der Waals surface area contributed by atoms with Crippen molar-refractivity contribution < 1.29 is 14.7 Å². The minimum Gasteiger partial charge on any atom is -0.375 e. The molecule has 0 unspecified atom stereocenters. The van der Waals surface area contributed by atoms with E-state index in [0.717, 1.165) is 4.47 Å². The van der Waals surface area contributed by atoms with E-state index in [2.05, 4.69) is 20.9 Å². The van der Waals surface area contributed by atoms with Crippen LogP contribution in [0.15, 0.2) is 47.2 Å². The number of hydrogen-bond acceptors (Lipinski definition) is 4. The molecule has 2 heterocycles. The van der Waals surface area contributed by atoms with Gasteiger partial charge in [-0.05, 0) is 37.3 Å². The molecule has 0 bridgehead atoms. The quantitative estimate of drug-likeness (QED) is 0.835. The second-order valence-corrected chi connectivity index (χ2v) is 6.32. The molecule has 1 atom stereocenters. The van der Waals surface area contributed by atoms with Crippen molar-refractivity contribution in [3.63, 3.8) is 0 Å². The molecule has 2 aromatic rings. The SMILES string of the molecule is CCN1C(=O)[C@](O)(CC(=O)c2ccncc2)c2cc(Br)ccc21. The summed E-state index contributed by atoms with van der Waals surface area (Å²) in [4.78, 5) is 30.5. The fourth-order valence-corrected chi connectivity index (χ4v) is 3.24. The number of pyridine rings is 1. The summed E-state index contributed by atoms with van der Waals surface area (Å²) in [5.74, 6) is -0.761. The van der Waals surface area contributed by atoms with E-state index in [0.29, 0.717) is 23.4 Å². The Hall–Kier alpha value is -2.05. The molecule has 5 nitrogen and oxygen atoms in total. The maximum atomic E-state index is 12.7. The number of halogens is 1. The largest absolute Gasteiger partial charge is 0.375 e. The summed E-state index contributed by atoms with van der Waals surface area (Å²) in [6, 6.07) is 8.43. The lowest BCUT2D eigenvalue weighted by Crippen LogP contribution is -2.41. The molecule has 1 aliphatic heterocycles. The number of carbonyl (C=O) groups excluding carboxylic acids is 2. The van der Waals surface area contributed by atoms with Gasteiger partial charge in [-0.25, -0.2) is 0 Å². The van der Waals surface area contributed by atoms with Gasteiger partial charge in [0.05, 0.1) is 12.1 Å². The van der Waals surface area contributed by atoms with Crippen molar-refractivity contribution in [1.29, 1.82) is 0 Å². The first-order valence-corrected chi connectivity index (χ1v) is 8.04. The lowest BCUT2D eigenvalue weighted by Gasteiger charge is -2.22. The number of anilines is 1. The van der Waals surface area contributed by atoms with Gasteiger partial charge in [0.2, 0.25) is 0 Å². The third kappa shape index (κ3) is 2.58. The summed E-state index contributed by atoms with van der Waals surface area (Å²) in [6.07, 6.45) is 2.73. The van der Waals surface area contributed by atoms with E-state index in [-0.39, 0.29) is 12.2 Å². The minimum absolute atomic E-state index is 0.296. The van der Waals surface area contributed by atoms with Crippen LogP contribution in [0.4, 0.5) is 5.69 Å². The van der Waals surface area contributed by atoms with Gasteiger partial charge in [0.25, 0.3) is 5.91 Å². The van der Waals surface area contributed by atoms with Gasteiger partial charge in [-0.1, -0.05) is 15.9 Å². The number of hydrogen-bond donors (Lipinski definition) is 1. The highest BCUT2D eigenvalue weighted by molar-refractivity contribution is 9.10. The number of nitrogens with zero attached hydrogens (tertiary/aromatic N) is 2. The molecule has 0 saturated carbocycles. The number of amides is 1. The molecule has 3 rings (SSSR count). The number of aliphatic hydroxyl groups is 1. The summed E-state index contributed by atoms with van der Waals surface area (Å²) in [6.45, 7) is 2.26. The fraction of sp³-hybridized carbons (Fsp3) is 0.235. The van der Waals surface area contributed by atoms with Gasteiger partial charge in [-0.2, -0.15) is 0 Å². The van der Waals surface area contributed by atoms with Gasteiger partial charge in [-0.15, -0.1) is 0 Å². The maximum absolute atomic E-state index is 12.7. The van der Waals surface area contributed by atoms with Crippen molar-refractivity contribution in [2.45, 2.75) is 18.9 Å². The van der Waals surface area contributed by atoms with Gasteiger partial charge in [-0.3, -0.25) is 14.6 Å². The molecule has 1 aromatic carbocycles. The number of benzene rings is 1. The van der Waals surface area contributed by atoms with E-state index in [1.807, 2.05) is 13.0 Å². The normalized spacial score (nSPS) is 19.8. The van der Waals surface area contributed by atoms with E-state index in [9.17, 15) is 14.7 Å². The number of aromatic nitrogens is 1. The van der Waals surface area contributed by atoms with Crippen LogP contribution in [-0.4, -0.2) is 28.3 Å². The van der Waals surface area contributed by atoms with E-state index in [4.69, 9.17) is 0 Å². The van der Waals surface area contributed by atoms with Crippen molar-refractivity contribution in [3.8, 4) is 0 Å². The van der Waals surface area contributed by atoms with Gasteiger partial charge < -0.3 is 10.0 Å². The highest BCUT2D eigenvalue weighted by Crippen LogP contribution is 2.43. The summed E-state index contributed by atoms with van der Waals surface area (Å²) in [5.41, 5.74) is -0.310. The first-order valence-electron chi connectivity index (χ1n) is 7.25. The molecule has 0 saturated heterocycles. The van der Waals surface area contributed by atoms with E-state index in [1.165, 1.54) is 17.3 Å². The van der Waals surface area contributed by atoms with Gasteiger partial charge >= 0.3 is 0 Å². The molecule has 6 heteroatoms. The second kappa shape index (κ2) is 5.86. The van der Waals surface area contributed by atoms with Crippen molar-refractivity contribution >= 4 is 33.3 Å².